The van der Waals surface area contributed by atoms with Gasteiger partial charge in [0.05, 0.1) is 11.5 Å². The zero-order valence-electron chi connectivity index (χ0n) is 11.8. The molecule has 2 fully saturated rings. The van der Waals surface area contributed by atoms with Crippen molar-refractivity contribution in [1.82, 2.24) is 4.90 Å². The van der Waals surface area contributed by atoms with Gasteiger partial charge >= 0.3 is 0 Å². The molecule has 3 rings (SSSR count). The van der Waals surface area contributed by atoms with Crippen molar-refractivity contribution in [3.8, 4) is 0 Å². The quantitative estimate of drug-likeness (QED) is 0.910. The average Bonchev–Trinajstić information content (AvgIpc) is 2.39. The minimum Gasteiger partial charge on any atom is -0.391 e. The lowest BCUT2D eigenvalue weighted by Gasteiger charge is -2.45. The molecule has 5 heteroatoms. The fourth-order valence-corrected chi connectivity index (χ4v) is 3.45. The number of piperidine rings is 1. The average molecular weight is 295 g/mol. The SMILES string of the molecule is O=C(N1CCCC(O)C1)C1(c2ccc(F)cc2F)CCC1. The van der Waals surface area contributed by atoms with Crippen LogP contribution in [0.1, 0.15) is 37.7 Å². The molecule has 0 radical (unpaired) electrons. The van der Waals surface area contributed by atoms with Gasteiger partial charge < -0.3 is 10.0 Å². The van der Waals surface area contributed by atoms with Gasteiger partial charge in [0.25, 0.3) is 0 Å². The molecule has 1 unspecified atom stereocenters. The Kier molecular flexibility index (Phi) is 3.69. The van der Waals surface area contributed by atoms with E-state index >= 15 is 0 Å². The van der Waals surface area contributed by atoms with Crippen LogP contribution < -0.4 is 0 Å². The zero-order chi connectivity index (χ0) is 15.0. The molecule has 1 aliphatic carbocycles. The van der Waals surface area contributed by atoms with Gasteiger partial charge in [0, 0.05) is 24.7 Å². The van der Waals surface area contributed by atoms with E-state index in [4.69, 9.17) is 0 Å². The molecule has 2 aliphatic rings. The number of rotatable bonds is 2. The lowest BCUT2D eigenvalue weighted by molar-refractivity contribution is -0.144. The number of nitrogens with zero attached hydrogens (tertiary/aromatic N) is 1. The standard InChI is InChI=1S/C16H19F2NO2/c17-11-4-5-13(14(18)9-11)16(6-2-7-16)15(21)19-8-1-3-12(20)10-19/h4-5,9,12,20H,1-3,6-8,10H2. The molecule has 0 aromatic heterocycles. The second-order valence-corrected chi connectivity index (χ2v) is 6.11. The van der Waals surface area contributed by atoms with E-state index in [9.17, 15) is 18.7 Å². The number of likely N-dealkylation sites (tertiary alicyclic amines) is 1. The predicted octanol–water partition coefficient (Wildman–Crippen LogP) is 2.37. The Morgan fingerprint density at radius 1 is 1.29 bits per heavy atom. The summed E-state index contributed by atoms with van der Waals surface area (Å²) in [6.45, 7) is 0.907. The van der Waals surface area contributed by atoms with E-state index in [1.165, 1.54) is 12.1 Å². The summed E-state index contributed by atoms with van der Waals surface area (Å²) in [6.07, 6.45) is 2.98. The molecule has 1 atom stereocenters. The molecule has 0 bridgehead atoms. The smallest absolute Gasteiger partial charge is 0.233 e. The predicted molar refractivity (Wildman–Crippen MR) is 73.7 cm³/mol. The maximum absolute atomic E-state index is 14.1. The monoisotopic (exact) mass is 295 g/mol. The fourth-order valence-electron chi connectivity index (χ4n) is 3.45. The van der Waals surface area contributed by atoms with Gasteiger partial charge in [-0.3, -0.25) is 4.79 Å². The van der Waals surface area contributed by atoms with E-state index in [1.54, 1.807) is 4.90 Å². The van der Waals surface area contributed by atoms with E-state index in [-0.39, 0.29) is 5.91 Å². The molecule has 3 nitrogen and oxygen atoms in total. The molecule has 1 N–H and O–H groups in total. The highest BCUT2D eigenvalue weighted by Crippen LogP contribution is 2.46. The summed E-state index contributed by atoms with van der Waals surface area (Å²) in [5, 5.41) is 9.73. The molecule has 0 spiro atoms. The first-order valence-electron chi connectivity index (χ1n) is 7.46. The Morgan fingerprint density at radius 3 is 2.62 bits per heavy atom. The maximum atomic E-state index is 14.1. The highest BCUT2D eigenvalue weighted by Gasteiger charge is 2.49. The van der Waals surface area contributed by atoms with Crippen LogP contribution in [-0.2, 0) is 10.2 Å². The first-order valence-corrected chi connectivity index (χ1v) is 7.46. The number of halogens is 2. The number of β-amino-alcohol motifs (C(OH)–C–C–N with tert-alkyl or cyclic N) is 1. The van der Waals surface area contributed by atoms with Gasteiger partial charge in [-0.05, 0) is 31.7 Å². The summed E-state index contributed by atoms with van der Waals surface area (Å²) >= 11 is 0. The summed E-state index contributed by atoms with van der Waals surface area (Å²) in [4.78, 5) is 14.5. The van der Waals surface area contributed by atoms with Crippen molar-refractivity contribution in [2.45, 2.75) is 43.6 Å². The van der Waals surface area contributed by atoms with E-state index in [2.05, 4.69) is 0 Å². The number of carbonyl (C=O) groups is 1. The number of amides is 1. The summed E-state index contributed by atoms with van der Waals surface area (Å²) in [7, 11) is 0. The first kappa shape index (κ1) is 14.4. The van der Waals surface area contributed by atoms with Gasteiger partial charge in [-0.15, -0.1) is 0 Å². The highest BCUT2D eigenvalue weighted by atomic mass is 19.1. The Labute approximate surface area is 122 Å². The van der Waals surface area contributed by atoms with Crippen LogP contribution in [0.4, 0.5) is 8.78 Å². The number of aliphatic hydroxyl groups excluding tert-OH is 1. The number of benzene rings is 1. The topological polar surface area (TPSA) is 40.5 Å². The molecule has 1 amide bonds. The molecular weight excluding hydrogens is 276 g/mol. The number of aliphatic hydroxyl groups is 1. The molecule has 114 valence electrons. The Hall–Kier alpha value is -1.49. The Morgan fingerprint density at radius 2 is 2.05 bits per heavy atom. The minimum atomic E-state index is -0.866. The second kappa shape index (κ2) is 5.37. The summed E-state index contributed by atoms with van der Waals surface area (Å²) < 4.78 is 27.2. The minimum absolute atomic E-state index is 0.127. The van der Waals surface area contributed by atoms with Gasteiger partial charge in [-0.25, -0.2) is 8.78 Å². The highest BCUT2D eigenvalue weighted by molar-refractivity contribution is 5.89. The van der Waals surface area contributed by atoms with Gasteiger partial charge in [0.2, 0.25) is 5.91 Å². The van der Waals surface area contributed by atoms with Crippen LogP contribution in [0.5, 0.6) is 0 Å². The van der Waals surface area contributed by atoms with E-state index < -0.39 is 23.2 Å². The summed E-state index contributed by atoms with van der Waals surface area (Å²) in [5.41, 5.74) is -0.574. The zero-order valence-corrected chi connectivity index (χ0v) is 11.8. The van der Waals surface area contributed by atoms with Crippen LogP contribution >= 0.6 is 0 Å². The molecule has 1 heterocycles. The molecule has 1 aromatic rings. The van der Waals surface area contributed by atoms with E-state index in [1.807, 2.05) is 0 Å². The van der Waals surface area contributed by atoms with E-state index in [0.717, 1.165) is 18.9 Å². The fraction of sp³-hybridized carbons (Fsp3) is 0.562. The van der Waals surface area contributed by atoms with Crippen LogP contribution in [0.25, 0.3) is 0 Å². The number of carbonyl (C=O) groups excluding carboxylic acids is 1. The Balaban J connectivity index is 1.90. The van der Waals surface area contributed by atoms with Crippen molar-refractivity contribution in [3.05, 3.63) is 35.4 Å². The van der Waals surface area contributed by atoms with Crippen molar-refractivity contribution < 1.29 is 18.7 Å². The van der Waals surface area contributed by atoms with Crippen LogP contribution in [0.15, 0.2) is 18.2 Å². The van der Waals surface area contributed by atoms with Crippen molar-refractivity contribution in [2.24, 2.45) is 0 Å². The van der Waals surface area contributed by atoms with Gasteiger partial charge in [-0.2, -0.15) is 0 Å². The van der Waals surface area contributed by atoms with E-state index in [0.29, 0.717) is 37.9 Å². The number of hydrogen-bond donors (Lipinski definition) is 1. The molecule has 21 heavy (non-hydrogen) atoms. The third-order valence-corrected chi connectivity index (χ3v) is 4.75. The van der Waals surface area contributed by atoms with Gasteiger partial charge in [0.1, 0.15) is 11.6 Å². The normalized spacial score (nSPS) is 24.5. The molecule has 1 aromatic carbocycles. The largest absolute Gasteiger partial charge is 0.391 e. The maximum Gasteiger partial charge on any atom is 0.233 e. The summed E-state index contributed by atoms with van der Waals surface area (Å²) in [6, 6.07) is 3.44. The second-order valence-electron chi connectivity index (χ2n) is 6.11. The van der Waals surface area contributed by atoms with Crippen molar-refractivity contribution >= 4 is 5.91 Å². The molecule has 1 saturated heterocycles. The van der Waals surface area contributed by atoms with Crippen LogP contribution in [-0.4, -0.2) is 35.1 Å². The third-order valence-electron chi connectivity index (χ3n) is 4.75. The van der Waals surface area contributed by atoms with Crippen LogP contribution in [0.2, 0.25) is 0 Å². The van der Waals surface area contributed by atoms with Gasteiger partial charge in [0.15, 0.2) is 0 Å². The molecule has 1 saturated carbocycles. The Bertz CT molecular complexity index is 557. The van der Waals surface area contributed by atoms with Crippen molar-refractivity contribution in [1.29, 1.82) is 0 Å². The van der Waals surface area contributed by atoms with Crippen LogP contribution in [0.3, 0.4) is 0 Å². The van der Waals surface area contributed by atoms with Gasteiger partial charge in [-0.1, -0.05) is 12.5 Å². The summed E-state index contributed by atoms with van der Waals surface area (Å²) in [5.74, 6) is -1.41. The third kappa shape index (κ3) is 2.44. The lowest BCUT2D eigenvalue weighted by atomic mass is 9.63. The number of hydrogen-bond acceptors (Lipinski definition) is 2. The lowest BCUT2D eigenvalue weighted by Crippen LogP contribution is -2.54. The first-order chi connectivity index (χ1) is 10.0. The van der Waals surface area contributed by atoms with Crippen molar-refractivity contribution in [3.63, 3.8) is 0 Å². The molecular formula is C16H19F2NO2. The molecule has 1 aliphatic heterocycles. The van der Waals surface area contributed by atoms with Crippen LogP contribution in [0, 0.1) is 11.6 Å². The van der Waals surface area contributed by atoms with Crippen molar-refractivity contribution in [2.75, 3.05) is 13.1 Å².